The molecule has 7 nitrogen and oxygen atoms in total. The highest BCUT2D eigenvalue weighted by atomic mass is 16.4. The number of carbonyl (C=O) groups is 3. The molecule has 0 aliphatic heterocycles. The Balaban J connectivity index is 4.90. The van der Waals surface area contributed by atoms with Crippen molar-refractivity contribution in [3.05, 3.63) is 0 Å². The number of aliphatic carboxylic acids is 3. The molecule has 86 valence electrons. The molecular weight excluding hydrogens is 208 g/mol. The van der Waals surface area contributed by atoms with Crippen LogP contribution < -0.4 is 0 Å². The van der Waals surface area contributed by atoms with Crippen molar-refractivity contribution in [3.8, 4) is 0 Å². The average molecular weight is 220 g/mol. The Morgan fingerprint density at radius 1 is 0.867 bits per heavy atom. The van der Waals surface area contributed by atoms with E-state index in [4.69, 9.17) is 20.4 Å². The fourth-order valence-electron chi connectivity index (χ4n) is 1.10. The van der Waals surface area contributed by atoms with Crippen LogP contribution in [0.25, 0.3) is 0 Å². The first-order chi connectivity index (χ1) is 6.89. The van der Waals surface area contributed by atoms with Crippen LogP contribution in [0.1, 0.15) is 19.3 Å². The van der Waals surface area contributed by atoms with Crippen LogP contribution in [0.3, 0.4) is 0 Å². The van der Waals surface area contributed by atoms with Crippen molar-refractivity contribution in [2.45, 2.75) is 19.3 Å². The summed E-state index contributed by atoms with van der Waals surface area (Å²) in [7, 11) is 0. The lowest BCUT2D eigenvalue weighted by molar-refractivity contribution is -0.176. The number of aliphatic hydroxyl groups excluding tert-OH is 1. The maximum absolute atomic E-state index is 10.7. The van der Waals surface area contributed by atoms with Crippen molar-refractivity contribution in [3.63, 3.8) is 0 Å². The van der Waals surface area contributed by atoms with Gasteiger partial charge in [-0.1, -0.05) is 0 Å². The highest BCUT2D eigenvalue weighted by Gasteiger charge is 2.53. The van der Waals surface area contributed by atoms with Gasteiger partial charge in [0, 0.05) is 6.61 Å². The van der Waals surface area contributed by atoms with E-state index in [2.05, 4.69) is 0 Å². The summed E-state index contributed by atoms with van der Waals surface area (Å²) in [5.41, 5.74) is -2.81. The highest BCUT2D eigenvalue weighted by molar-refractivity contribution is 6.16. The molecular formula is C8H12O7. The molecule has 0 heterocycles. The average Bonchev–Trinajstić information content (AvgIpc) is 2.10. The third-order valence-corrected chi connectivity index (χ3v) is 2.06. The van der Waals surface area contributed by atoms with Gasteiger partial charge in [-0.15, -0.1) is 0 Å². The molecule has 0 unspecified atom stereocenters. The van der Waals surface area contributed by atoms with Crippen LogP contribution in [0.4, 0.5) is 0 Å². The zero-order valence-electron chi connectivity index (χ0n) is 7.84. The maximum Gasteiger partial charge on any atom is 0.332 e. The number of carboxylic acid groups (broad SMARTS) is 3. The number of hydrogen-bond donors (Lipinski definition) is 4. The van der Waals surface area contributed by atoms with Crippen LogP contribution in [-0.2, 0) is 14.4 Å². The van der Waals surface area contributed by atoms with Crippen molar-refractivity contribution < 1.29 is 34.8 Å². The number of rotatable bonds is 7. The second-order valence-corrected chi connectivity index (χ2v) is 3.00. The van der Waals surface area contributed by atoms with Gasteiger partial charge in [0.05, 0.1) is 0 Å². The van der Waals surface area contributed by atoms with Crippen LogP contribution in [0.2, 0.25) is 0 Å². The van der Waals surface area contributed by atoms with Gasteiger partial charge in [0.1, 0.15) is 0 Å². The zero-order valence-corrected chi connectivity index (χ0v) is 7.84. The van der Waals surface area contributed by atoms with Crippen molar-refractivity contribution in [1.29, 1.82) is 0 Å². The first-order valence-corrected chi connectivity index (χ1v) is 4.20. The number of unbranched alkanes of at least 4 members (excludes halogenated alkanes) is 1. The number of aliphatic hydroxyl groups is 1. The molecule has 0 aromatic rings. The molecule has 7 heteroatoms. The Bertz CT molecular complexity index is 234. The SMILES string of the molecule is O=C(O)C(CCCCO)(C(=O)O)C(=O)O. The van der Waals surface area contributed by atoms with E-state index in [1.54, 1.807) is 0 Å². The molecule has 0 radical (unpaired) electrons. The fourth-order valence-corrected chi connectivity index (χ4v) is 1.10. The molecule has 0 atom stereocenters. The topological polar surface area (TPSA) is 132 Å². The number of hydrogen-bond acceptors (Lipinski definition) is 4. The third kappa shape index (κ3) is 2.66. The maximum atomic E-state index is 10.7. The largest absolute Gasteiger partial charge is 0.480 e. The smallest absolute Gasteiger partial charge is 0.332 e. The molecule has 0 saturated carbocycles. The highest BCUT2D eigenvalue weighted by Crippen LogP contribution is 2.26. The lowest BCUT2D eigenvalue weighted by Crippen LogP contribution is -2.46. The van der Waals surface area contributed by atoms with Gasteiger partial charge < -0.3 is 20.4 Å². The van der Waals surface area contributed by atoms with Crippen molar-refractivity contribution >= 4 is 17.9 Å². The van der Waals surface area contributed by atoms with Gasteiger partial charge in [-0.25, -0.2) is 0 Å². The molecule has 0 amide bonds. The molecule has 15 heavy (non-hydrogen) atoms. The standard InChI is InChI=1S/C8H12O7/c9-4-2-1-3-8(5(10)11,6(12)13)7(14)15/h9H,1-4H2,(H,10,11)(H,12,13)(H,14,15). The minimum Gasteiger partial charge on any atom is -0.480 e. The van der Waals surface area contributed by atoms with E-state index in [1.807, 2.05) is 0 Å². The normalized spacial score (nSPS) is 11.0. The van der Waals surface area contributed by atoms with E-state index < -0.39 is 29.7 Å². The first kappa shape index (κ1) is 13.4. The fraction of sp³-hybridized carbons (Fsp3) is 0.625. The van der Waals surface area contributed by atoms with Crippen molar-refractivity contribution in [2.24, 2.45) is 5.41 Å². The van der Waals surface area contributed by atoms with E-state index in [1.165, 1.54) is 0 Å². The quantitative estimate of drug-likeness (QED) is 0.332. The van der Waals surface area contributed by atoms with E-state index in [0.717, 1.165) is 0 Å². The van der Waals surface area contributed by atoms with Crippen molar-refractivity contribution in [2.75, 3.05) is 6.61 Å². The van der Waals surface area contributed by atoms with Crippen LogP contribution in [0.5, 0.6) is 0 Å². The summed E-state index contributed by atoms with van der Waals surface area (Å²) >= 11 is 0. The van der Waals surface area contributed by atoms with E-state index in [0.29, 0.717) is 0 Å². The molecule has 0 aromatic carbocycles. The van der Waals surface area contributed by atoms with Gasteiger partial charge in [-0.2, -0.15) is 0 Å². The van der Waals surface area contributed by atoms with Crippen LogP contribution in [0.15, 0.2) is 0 Å². The van der Waals surface area contributed by atoms with E-state index in [-0.39, 0.29) is 19.4 Å². The number of carboxylic acids is 3. The Hall–Kier alpha value is -1.63. The monoisotopic (exact) mass is 220 g/mol. The van der Waals surface area contributed by atoms with Crippen molar-refractivity contribution in [1.82, 2.24) is 0 Å². The summed E-state index contributed by atoms with van der Waals surface area (Å²) in [5, 5.41) is 34.4. The zero-order chi connectivity index (χ0) is 12.1. The van der Waals surface area contributed by atoms with Gasteiger partial charge in [-0.05, 0) is 19.3 Å². The van der Waals surface area contributed by atoms with Gasteiger partial charge >= 0.3 is 17.9 Å². The van der Waals surface area contributed by atoms with Crippen LogP contribution >= 0.6 is 0 Å². The van der Waals surface area contributed by atoms with Gasteiger partial charge in [0.2, 0.25) is 0 Å². The molecule has 0 fully saturated rings. The minimum atomic E-state index is -2.81. The van der Waals surface area contributed by atoms with Crippen LogP contribution in [-0.4, -0.2) is 44.9 Å². The predicted molar refractivity (Wildman–Crippen MR) is 46.3 cm³/mol. The molecule has 0 aliphatic rings. The van der Waals surface area contributed by atoms with Crippen LogP contribution in [0, 0.1) is 5.41 Å². The molecule has 0 rings (SSSR count). The summed E-state index contributed by atoms with van der Waals surface area (Å²) in [6.07, 6.45) is -0.370. The Morgan fingerprint density at radius 2 is 1.27 bits per heavy atom. The lowest BCUT2D eigenvalue weighted by atomic mass is 9.83. The van der Waals surface area contributed by atoms with E-state index in [9.17, 15) is 14.4 Å². The molecule has 0 aromatic heterocycles. The first-order valence-electron chi connectivity index (χ1n) is 4.20. The Labute approximate surface area is 85.0 Å². The summed E-state index contributed by atoms with van der Waals surface area (Å²) in [6, 6.07) is 0. The third-order valence-electron chi connectivity index (χ3n) is 2.06. The summed E-state index contributed by atoms with van der Waals surface area (Å²) in [4.78, 5) is 32.0. The van der Waals surface area contributed by atoms with Gasteiger partial charge in [-0.3, -0.25) is 14.4 Å². The second kappa shape index (κ2) is 5.30. The molecule has 0 spiro atoms. The molecule has 4 N–H and O–H groups in total. The summed E-state index contributed by atoms with van der Waals surface area (Å²) < 4.78 is 0. The van der Waals surface area contributed by atoms with Gasteiger partial charge in [0.15, 0.2) is 0 Å². The lowest BCUT2D eigenvalue weighted by Gasteiger charge is -2.19. The molecule has 0 saturated heterocycles. The second-order valence-electron chi connectivity index (χ2n) is 3.00. The predicted octanol–water partition coefficient (Wildman–Crippen LogP) is -0.611. The minimum absolute atomic E-state index is 0.0153. The van der Waals surface area contributed by atoms with Gasteiger partial charge in [0.25, 0.3) is 5.41 Å². The molecule has 0 aliphatic carbocycles. The summed E-state index contributed by atoms with van der Waals surface area (Å²) in [5.74, 6) is -5.71. The Morgan fingerprint density at radius 3 is 1.53 bits per heavy atom. The molecule has 0 bridgehead atoms. The summed E-state index contributed by atoms with van der Waals surface area (Å²) in [6.45, 7) is -0.241. The van der Waals surface area contributed by atoms with E-state index >= 15 is 0 Å². The Kier molecular flexibility index (Phi) is 4.72.